The highest BCUT2D eigenvalue weighted by Crippen LogP contribution is 2.15. The lowest BCUT2D eigenvalue weighted by Gasteiger charge is -2.33. The van der Waals surface area contributed by atoms with Gasteiger partial charge in [0, 0.05) is 6.61 Å². The summed E-state index contributed by atoms with van der Waals surface area (Å²) >= 11 is 0. The van der Waals surface area contributed by atoms with E-state index in [2.05, 4.69) is 38.1 Å². The molecule has 0 saturated carbocycles. The smallest absolute Gasteiger partial charge is 0.388 e. The van der Waals surface area contributed by atoms with Crippen LogP contribution >= 0.6 is 0 Å². The minimum Gasteiger partial charge on any atom is -0.388 e. The van der Waals surface area contributed by atoms with Gasteiger partial charge in [0.1, 0.15) is 6.10 Å². The lowest BCUT2D eigenvalue weighted by Crippen LogP contribution is -2.65. The van der Waals surface area contributed by atoms with Crippen molar-refractivity contribution in [1.82, 2.24) is 0 Å². The second kappa shape index (κ2) is 9.81. The fourth-order valence-electron chi connectivity index (χ4n) is 2.86. The normalized spacial score (nSPS) is 13.0. The average molecular weight is 371 g/mol. The molecule has 0 radical (unpaired) electrons. The summed E-state index contributed by atoms with van der Waals surface area (Å²) in [6.45, 7) is 8.44. The van der Waals surface area contributed by atoms with Crippen molar-refractivity contribution in [3.63, 3.8) is 0 Å². The van der Waals surface area contributed by atoms with Crippen molar-refractivity contribution in [2.45, 2.75) is 46.6 Å². The Bertz CT molecular complexity index is 631. The van der Waals surface area contributed by atoms with E-state index < -0.39 is 14.7 Å². The number of carbonyl (C=O) groups is 1. The maximum atomic E-state index is 11.9. The Balaban J connectivity index is 2.42. The Morgan fingerprint density at radius 2 is 1.42 bits per heavy atom. The van der Waals surface area contributed by atoms with Crippen LogP contribution in [0, 0.1) is 5.92 Å². The highest BCUT2D eigenvalue weighted by Gasteiger charge is 2.44. The number of hydrogen-bond acceptors (Lipinski definition) is 3. The number of ketones is 1. The van der Waals surface area contributed by atoms with Gasteiger partial charge in [-0.1, -0.05) is 74.5 Å². The van der Waals surface area contributed by atoms with Gasteiger partial charge in [-0.3, -0.25) is 4.79 Å². The SMILES string of the molecule is CC(=O)C(C)O[Si](OCCCC(C)C)(c1ccccc1)c1ccccc1. The van der Waals surface area contributed by atoms with E-state index in [1.165, 1.54) is 0 Å². The summed E-state index contributed by atoms with van der Waals surface area (Å²) in [6, 6.07) is 20.2. The molecule has 0 aliphatic rings. The van der Waals surface area contributed by atoms with Gasteiger partial charge in [0.15, 0.2) is 5.78 Å². The minimum atomic E-state index is -2.97. The van der Waals surface area contributed by atoms with E-state index in [1.54, 1.807) is 6.92 Å². The van der Waals surface area contributed by atoms with Crippen molar-refractivity contribution in [2.24, 2.45) is 5.92 Å². The molecule has 0 spiro atoms. The standard InChI is InChI=1S/C22H30O3Si/c1-18(2)12-11-17-24-26(25-20(4)19(3)23,21-13-7-5-8-14-21)22-15-9-6-10-16-22/h5-10,13-16,18,20H,11-12,17H2,1-4H3. The number of benzene rings is 2. The van der Waals surface area contributed by atoms with E-state index in [-0.39, 0.29) is 5.78 Å². The van der Waals surface area contributed by atoms with Gasteiger partial charge in [-0.05, 0) is 43.0 Å². The van der Waals surface area contributed by atoms with Crippen LogP contribution in [0.15, 0.2) is 60.7 Å². The zero-order chi connectivity index (χ0) is 19.0. The molecule has 0 aliphatic heterocycles. The number of carbonyl (C=O) groups excluding carboxylic acids is 1. The largest absolute Gasteiger partial charge is 0.407 e. The van der Waals surface area contributed by atoms with Crippen molar-refractivity contribution in [1.29, 1.82) is 0 Å². The van der Waals surface area contributed by atoms with Gasteiger partial charge in [-0.25, -0.2) is 0 Å². The first kappa shape index (κ1) is 20.6. The molecule has 4 heteroatoms. The zero-order valence-electron chi connectivity index (χ0n) is 16.3. The third-order valence-electron chi connectivity index (χ3n) is 4.45. The van der Waals surface area contributed by atoms with Crippen molar-refractivity contribution in [3.8, 4) is 0 Å². The van der Waals surface area contributed by atoms with Gasteiger partial charge in [0.2, 0.25) is 0 Å². The first-order valence-electron chi connectivity index (χ1n) is 9.39. The monoisotopic (exact) mass is 370 g/mol. The summed E-state index contributed by atoms with van der Waals surface area (Å²) in [7, 11) is -2.97. The second-order valence-electron chi connectivity index (χ2n) is 7.10. The molecule has 1 atom stereocenters. The summed E-state index contributed by atoms with van der Waals surface area (Å²) in [4.78, 5) is 11.9. The average Bonchev–Trinajstić information content (AvgIpc) is 2.65. The van der Waals surface area contributed by atoms with Crippen LogP contribution in [0.1, 0.15) is 40.5 Å². The van der Waals surface area contributed by atoms with Crippen LogP contribution < -0.4 is 10.4 Å². The molecule has 0 aromatic heterocycles. The van der Waals surface area contributed by atoms with Crippen molar-refractivity contribution >= 4 is 24.7 Å². The van der Waals surface area contributed by atoms with Gasteiger partial charge in [-0.15, -0.1) is 0 Å². The maximum absolute atomic E-state index is 11.9. The molecular formula is C22H30O3Si. The quantitative estimate of drug-likeness (QED) is 0.473. The highest BCUT2D eigenvalue weighted by molar-refractivity contribution is 6.92. The Kier molecular flexibility index (Phi) is 7.76. The first-order chi connectivity index (χ1) is 12.5. The topological polar surface area (TPSA) is 35.5 Å². The molecule has 0 fully saturated rings. The molecular weight excluding hydrogens is 340 g/mol. The van der Waals surface area contributed by atoms with Gasteiger partial charge in [0.25, 0.3) is 0 Å². The van der Waals surface area contributed by atoms with Crippen LogP contribution in [-0.2, 0) is 13.6 Å². The van der Waals surface area contributed by atoms with Gasteiger partial charge in [-0.2, -0.15) is 0 Å². The summed E-state index contributed by atoms with van der Waals surface area (Å²) in [5, 5.41) is 2.06. The van der Waals surface area contributed by atoms with Gasteiger partial charge in [0.05, 0.1) is 0 Å². The molecule has 0 aliphatic carbocycles. The minimum absolute atomic E-state index is 0.0134. The fraction of sp³-hybridized carbons (Fsp3) is 0.409. The van der Waals surface area contributed by atoms with Crippen molar-refractivity contribution in [3.05, 3.63) is 60.7 Å². The third kappa shape index (κ3) is 5.37. The third-order valence-corrected chi connectivity index (χ3v) is 7.94. The van der Waals surface area contributed by atoms with Gasteiger partial charge < -0.3 is 8.85 Å². The van der Waals surface area contributed by atoms with Crippen LogP contribution in [-0.4, -0.2) is 27.1 Å². The molecule has 2 rings (SSSR count). The Morgan fingerprint density at radius 1 is 0.923 bits per heavy atom. The fourth-order valence-corrected chi connectivity index (χ4v) is 6.22. The molecule has 0 N–H and O–H groups in total. The summed E-state index contributed by atoms with van der Waals surface area (Å²) in [5.74, 6) is 0.652. The van der Waals surface area contributed by atoms with E-state index in [1.807, 2.05) is 43.3 Å². The molecule has 2 aromatic rings. The lowest BCUT2D eigenvalue weighted by molar-refractivity contribution is -0.123. The van der Waals surface area contributed by atoms with Crippen LogP contribution in [0.2, 0.25) is 0 Å². The van der Waals surface area contributed by atoms with Crippen LogP contribution in [0.5, 0.6) is 0 Å². The number of hydrogen-bond donors (Lipinski definition) is 0. The van der Waals surface area contributed by atoms with E-state index >= 15 is 0 Å². The van der Waals surface area contributed by atoms with E-state index in [9.17, 15) is 4.79 Å². The summed E-state index contributed by atoms with van der Waals surface area (Å²) in [5.41, 5.74) is 0. The Morgan fingerprint density at radius 3 is 1.85 bits per heavy atom. The number of Topliss-reactive ketones (excluding diaryl/α,β-unsaturated/α-hetero) is 1. The van der Waals surface area contributed by atoms with E-state index in [4.69, 9.17) is 8.85 Å². The Labute approximate surface area is 158 Å². The van der Waals surface area contributed by atoms with E-state index in [0.717, 1.165) is 23.2 Å². The van der Waals surface area contributed by atoms with Crippen LogP contribution in [0.3, 0.4) is 0 Å². The molecule has 140 valence electrons. The maximum Gasteiger partial charge on any atom is 0.407 e. The van der Waals surface area contributed by atoms with E-state index in [0.29, 0.717) is 12.5 Å². The lowest BCUT2D eigenvalue weighted by atomic mass is 10.1. The zero-order valence-corrected chi connectivity index (χ0v) is 17.3. The predicted molar refractivity (Wildman–Crippen MR) is 109 cm³/mol. The van der Waals surface area contributed by atoms with Crippen molar-refractivity contribution < 1.29 is 13.6 Å². The molecule has 1 unspecified atom stereocenters. The second-order valence-corrected chi connectivity index (χ2v) is 10.0. The molecule has 2 aromatic carbocycles. The highest BCUT2D eigenvalue weighted by atomic mass is 28.4. The van der Waals surface area contributed by atoms with Gasteiger partial charge >= 0.3 is 8.56 Å². The Hall–Kier alpha value is -1.75. The molecule has 3 nitrogen and oxygen atoms in total. The number of rotatable bonds is 10. The first-order valence-corrected chi connectivity index (χ1v) is 11.2. The van der Waals surface area contributed by atoms with Crippen molar-refractivity contribution in [2.75, 3.05) is 6.61 Å². The molecule has 26 heavy (non-hydrogen) atoms. The molecule has 0 saturated heterocycles. The van der Waals surface area contributed by atoms with Crippen LogP contribution in [0.4, 0.5) is 0 Å². The summed E-state index contributed by atoms with van der Waals surface area (Å²) < 4.78 is 13.0. The molecule has 0 amide bonds. The predicted octanol–water partition coefficient (Wildman–Crippen LogP) is 3.69. The molecule has 0 heterocycles. The molecule has 0 bridgehead atoms. The van der Waals surface area contributed by atoms with Crippen LogP contribution in [0.25, 0.3) is 0 Å². The summed E-state index contributed by atoms with van der Waals surface area (Å²) in [6.07, 6.45) is 1.58.